The van der Waals surface area contributed by atoms with Gasteiger partial charge >= 0.3 is 0 Å². The Kier molecular flexibility index (Phi) is 5.20. The molecule has 0 aliphatic rings. The van der Waals surface area contributed by atoms with Crippen molar-refractivity contribution < 1.29 is 8.57 Å². The first-order valence-corrected chi connectivity index (χ1v) is 5.14. The fraction of sp³-hybridized carbons (Fsp3) is 0.333. The van der Waals surface area contributed by atoms with Crippen molar-refractivity contribution in [3.8, 4) is 0 Å². The number of rotatable bonds is 5. The fourth-order valence-electron chi connectivity index (χ4n) is 0.692. The topological polar surface area (TPSA) is 9.23 Å². The van der Waals surface area contributed by atoms with Gasteiger partial charge in [-0.15, -0.1) is 11.6 Å². The highest BCUT2D eigenvalue weighted by atomic mass is 35.5. The van der Waals surface area contributed by atoms with Gasteiger partial charge in [0.15, 0.2) is 0 Å². The zero-order valence-corrected chi connectivity index (χ0v) is 8.52. The van der Waals surface area contributed by atoms with Gasteiger partial charge in [-0.2, -0.15) is 0 Å². The normalized spacial score (nSPS) is 12.8. The summed E-state index contributed by atoms with van der Waals surface area (Å²) in [5, 5.41) is 0. The maximum absolute atomic E-state index is 12.1. The van der Waals surface area contributed by atoms with Crippen molar-refractivity contribution in [3.63, 3.8) is 0 Å². The molecule has 0 radical (unpaired) electrons. The third-order valence-electron chi connectivity index (χ3n) is 1.37. The molecule has 0 bridgehead atoms. The fourth-order valence-corrected chi connectivity index (χ4v) is 1.55. The predicted octanol–water partition coefficient (Wildman–Crippen LogP) is 3.29. The Morgan fingerprint density at radius 3 is 2.62 bits per heavy atom. The molecule has 0 spiro atoms. The highest BCUT2D eigenvalue weighted by Crippen LogP contribution is 2.20. The third-order valence-corrected chi connectivity index (χ3v) is 2.55. The Hall–Kier alpha value is -0.250. The minimum Gasteiger partial charge on any atom is -0.303 e. The van der Waals surface area contributed by atoms with Crippen LogP contribution in [0.5, 0.6) is 0 Å². The number of halogens is 2. The van der Waals surface area contributed by atoms with Crippen LogP contribution in [-0.2, 0) is 4.18 Å². The molecular weight excluding hydrogens is 211 g/mol. The van der Waals surface area contributed by atoms with E-state index in [0.717, 1.165) is 16.9 Å². The molecule has 1 nitrogen and oxygen atoms in total. The second-order valence-electron chi connectivity index (χ2n) is 2.42. The summed E-state index contributed by atoms with van der Waals surface area (Å²) in [5.74, 6) is 0.177. The molecule has 0 aliphatic heterocycles. The Morgan fingerprint density at radius 2 is 2.08 bits per heavy atom. The summed E-state index contributed by atoms with van der Waals surface area (Å²) in [4.78, 5) is 0.950. The summed E-state index contributed by atoms with van der Waals surface area (Å²) in [6.07, 6.45) is -0.521. The molecule has 1 unspecified atom stereocenters. The lowest BCUT2D eigenvalue weighted by atomic mass is 10.4. The summed E-state index contributed by atoms with van der Waals surface area (Å²) in [6.45, 7) is -0.552. The van der Waals surface area contributed by atoms with E-state index < -0.39 is 12.8 Å². The van der Waals surface area contributed by atoms with Crippen LogP contribution in [0.1, 0.15) is 0 Å². The minimum absolute atomic E-state index is 0.177. The van der Waals surface area contributed by atoms with E-state index in [0.29, 0.717) is 0 Å². The number of alkyl halides is 2. The van der Waals surface area contributed by atoms with Crippen LogP contribution < -0.4 is 0 Å². The van der Waals surface area contributed by atoms with Gasteiger partial charge < -0.3 is 4.18 Å². The average molecular weight is 221 g/mol. The van der Waals surface area contributed by atoms with Crippen LogP contribution in [0.3, 0.4) is 0 Å². The van der Waals surface area contributed by atoms with Gasteiger partial charge in [0.25, 0.3) is 0 Å². The van der Waals surface area contributed by atoms with Gasteiger partial charge in [0.05, 0.1) is 5.88 Å². The molecule has 1 aromatic rings. The number of benzene rings is 1. The van der Waals surface area contributed by atoms with Gasteiger partial charge in [0, 0.05) is 16.9 Å². The molecule has 1 rings (SSSR count). The van der Waals surface area contributed by atoms with Crippen LogP contribution in [0, 0.1) is 0 Å². The van der Waals surface area contributed by atoms with Crippen LogP contribution in [0.15, 0.2) is 35.2 Å². The van der Waals surface area contributed by atoms with Crippen LogP contribution in [0.4, 0.5) is 4.39 Å². The smallest absolute Gasteiger partial charge is 0.118 e. The summed E-state index contributed by atoms with van der Waals surface area (Å²) >= 11 is 6.61. The Morgan fingerprint density at radius 1 is 1.38 bits per heavy atom. The molecule has 1 aromatic carbocycles. The Labute approximate surface area is 86.4 Å². The van der Waals surface area contributed by atoms with E-state index >= 15 is 0 Å². The molecule has 0 aromatic heterocycles. The van der Waals surface area contributed by atoms with Crippen LogP contribution >= 0.6 is 23.6 Å². The van der Waals surface area contributed by atoms with Crippen molar-refractivity contribution in [1.29, 1.82) is 0 Å². The molecule has 0 heterocycles. The van der Waals surface area contributed by atoms with Crippen molar-refractivity contribution in [2.75, 3.05) is 12.6 Å². The van der Waals surface area contributed by atoms with E-state index in [-0.39, 0.29) is 5.88 Å². The van der Waals surface area contributed by atoms with Gasteiger partial charge in [-0.05, 0) is 12.1 Å². The summed E-state index contributed by atoms with van der Waals surface area (Å²) in [5.41, 5.74) is 0. The van der Waals surface area contributed by atoms with Crippen molar-refractivity contribution in [3.05, 3.63) is 30.3 Å². The molecule has 0 N–H and O–H groups in total. The number of hydrogen-bond donors (Lipinski definition) is 0. The van der Waals surface area contributed by atoms with Gasteiger partial charge in [-0.25, -0.2) is 4.39 Å². The zero-order valence-electron chi connectivity index (χ0n) is 6.95. The predicted molar refractivity (Wildman–Crippen MR) is 53.9 cm³/mol. The molecular formula is C9H10ClFOS. The SMILES string of the molecule is FCC(CCl)OSc1ccccc1. The van der Waals surface area contributed by atoms with Gasteiger partial charge in [0.1, 0.15) is 12.8 Å². The van der Waals surface area contributed by atoms with E-state index in [1.54, 1.807) is 0 Å². The first-order valence-electron chi connectivity index (χ1n) is 3.87. The third kappa shape index (κ3) is 3.98. The molecule has 4 heteroatoms. The van der Waals surface area contributed by atoms with Crippen molar-refractivity contribution in [2.24, 2.45) is 0 Å². The Bertz CT molecular complexity index is 228. The van der Waals surface area contributed by atoms with Crippen LogP contribution in [0.25, 0.3) is 0 Å². The van der Waals surface area contributed by atoms with Crippen molar-refractivity contribution in [2.45, 2.75) is 11.0 Å². The maximum atomic E-state index is 12.1. The van der Waals surface area contributed by atoms with E-state index in [2.05, 4.69) is 0 Å². The Balaban J connectivity index is 2.34. The quantitative estimate of drug-likeness (QED) is 0.556. The van der Waals surface area contributed by atoms with Crippen LogP contribution in [0.2, 0.25) is 0 Å². The monoisotopic (exact) mass is 220 g/mol. The van der Waals surface area contributed by atoms with E-state index in [9.17, 15) is 4.39 Å². The van der Waals surface area contributed by atoms with E-state index in [1.807, 2.05) is 30.3 Å². The lowest BCUT2D eigenvalue weighted by molar-refractivity contribution is 0.217. The van der Waals surface area contributed by atoms with Crippen molar-refractivity contribution >= 4 is 23.6 Å². The molecule has 0 saturated carbocycles. The lowest BCUT2D eigenvalue weighted by Gasteiger charge is -2.08. The molecule has 13 heavy (non-hydrogen) atoms. The van der Waals surface area contributed by atoms with Crippen LogP contribution in [-0.4, -0.2) is 18.7 Å². The molecule has 0 saturated heterocycles. The molecule has 72 valence electrons. The van der Waals surface area contributed by atoms with Crippen molar-refractivity contribution in [1.82, 2.24) is 0 Å². The first-order chi connectivity index (χ1) is 6.36. The second kappa shape index (κ2) is 6.24. The molecule has 1 atom stereocenters. The lowest BCUT2D eigenvalue weighted by Crippen LogP contribution is -2.12. The zero-order chi connectivity index (χ0) is 9.52. The first kappa shape index (κ1) is 10.8. The highest BCUT2D eigenvalue weighted by molar-refractivity contribution is 7.94. The van der Waals surface area contributed by atoms with Gasteiger partial charge in [-0.3, -0.25) is 0 Å². The largest absolute Gasteiger partial charge is 0.303 e. The second-order valence-corrected chi connectivity index (χ2v) is 3.56. The standard InChI is InChI=1S/C9H10ClFOS/c10-6-8(7-11)12-13-9-4-2-1-3-5-9/h1-5,8H,6-7H2. The molecule has 0 aliphatic carbocycles. The summed E-state index contributed by atoms with van der Waals surface area (Å²) in [6, 6.07) is 9.51. The van der Waals surface area contributed by atoms with Gasteiger partial charge in [-0.1, -0.05) is 18.2 Å². The average Bonchev–Trinajstić information content (AvgIpc) is 2.21. The van der Waals surface area contributed by atoms with Gasteiger partial charge in [0.2, 0.25) is 0 Å². The van der Waals surface area contributed by atoms with E-state index in [4.69, 9.17) is 15.8 Å². The summed E-state index contributed by atoms with van der Waals surface area (Å²) < 4.78 is 17.3. The molecule has 0 fully saturated rings. The maximum Gasteiger partial charge on any atom is 0.118 e. The highest BCUT2D eigenvalue weighted by Gasteiger charge is 2.07. The van der Waals surface area contributed by atoms with E-state index in [1.165, 1.54) is 0 Å². The minimum atomic E-state index is -0.552. The number of hydrogen-bond acceptors (Lipinski definition) is 2. The summed E-state index contributed by atoms with van der Waals surface area (Å²) in [7, 11) is 0. The molecule has 0 amide bonds.